The van der Waals surface area contributed by atoms with Gasteiger partial charge < -0.3 is 10.2 Å². The molecule has 112 valence electrons. The third kappa shape index (κ3) is 4.26. The molecule has 2 rings (SSSR count). The lowest BCUT2D eigenvalue weighted by Gasteiger charge is -2.20. The maximum absolute atomic E-state index is 13.5. The van der Waals surface area contributed by atoms with Crippen molar-refractivity contribution in [1.29, 1.82) is 0 Å². The predicted molar refractivity (Wildman–Crippen MR) is 79.0 cm³/mol. The number of nitrogens with zero attached hydrogens (tertiary/aromatic N) is 1. The first kappa shape index (κ1) is 15.4. The quantitative estimate of drug-likeness (QED) is 0.896. The van der Waals surface area contributed by atoms with Crippen molar-refractivity contribution in [1.82, 2.24) is 10.2 Å². The lowest BCUT2D eigenvalue weighted by Crippen LogP contribution is -2.39. The highest BCUT2D eigenvalue weighted by atomic mass is 32.1. The van der Waals surface area contributed by atoms with E-state index >= 15 is 0 Å². The maximum Gasteiger partial charge on any atom is 0.317 e. The van der Waals surface area contributed by atoms with Crippen LogP contribution in [0.2, 0.25) is 0 Å². The van der Waals surface area contributed by atoms with Gasteiger partial charge in [0.15, 0.2) is 0 Å². The second-order valence-corrected chi connectivity index (χ2v) is 5.52. The summed E-state index contributed by atoms with van der Waals surface area (Å²) in [5.74, 6) is -1.05. The summed E-state index contributed by atoms with van der Waals surface area (Å²) in [5.41, 5.74) is 0.135. The van der Waals surface area contributed by atoms with Gasteiger partial charge in [-0.1, -0.05) is 6.07 Å². The summed E-state index contributed by atoms with van der Waals surface area (Å²) in [6.45, 7) is 2.88. The molecule has 6 heteroatoms. The first-order valence-electron chi connectivity index (χ1n) is 6.59. The molecule has 0 unspecified atom stereocenters. The van der Waals surface area contributed by atoms with Crippen LogP contribution in [0.25, 0.3) is 0 Å². The van der Waals surface area contributed by atoms with Gasteiger partial charge in [0.05, 0.1) is 6.54 Å². The minimum absolute atomic E-state index is 0.0383. The zero-order chi connectivity index (χ0) is 15.2. The summed E-state index contributed by atoms with van der Waals surface area (Å²) in [7, 11) is 0. The largest absolute Gasteiger partial charge is 0.334 e. The molecule has 0 radical (unpaired) electrons. The number of rotatable bonds is 5. The number of carbonyl (C=O) groups is 1. The highest BCUT2D eigenvalue weighted by Gasteiger charge is 2.13. The first-order valence-corrected chi connectivity index (χ1v) is 7.47. The van der Waals surface area contributed by atoms with Crippen molar-refractivity contribution in [3.63, 3.8) is 0 Å². The van der Waals surface area contributed by atoms with Crippen LogP contribution in [0.4, 0.5) is 13.6 Å². The van der Waals surface area contributed by atoms with Crippen LogP contribution in [0.15, 0.2) is 35.7 Å². The molecule has 0 atom stereocenters. The Labute approximate surface area is 126 Å². The number of amides is 2. The van der Waals surface area contributed by atoms with E-state index in [0.29, 0.717) is 13.1 Å². The van der Waals surface area contributed by atoms with Gasteiger partial charge in [0, 0.05) is 23.5 Å². The molecule has 1 N–H and O–H groups in total. The van der Waals surface area contributed by atoms with Crippen molar-refractivity contribution in [3.8, 4) is 0 Å². The van der Waals surface area contributed by atoms with Crippen molar-refractivity contribution in [2.45, 2.75) is 20.0 Å². The molecule has 0 aliphatic carbocycles. The lowest BCUT2D eigenvalue weighted by molar-refractivity contribution is 0.198. The zero-order valence-electron chi connectivity index (χ0n) is 11.6. The molecule has 0 aliphatic rings. The summed E-state index contributed by atoms with van der Waals surface area (Å²) >= 11 is 1.57. The molecule has 0 saturated heterocycles. The van der Waals surface area contributed by atoms with Gasteiger partial charge in [-0.05, 0) is 36.6 Å². The second kappa shape index (κ2) is 7.17. The van der Waals surface area contributed by atoms with Crippen molar-refractivity contribution in [3.05, 3.63) is 57.8 Å². The highest BCUT2D eigenvalue weighted by Crippen LogP contribution is 2.12. The molecular formula is C15H16F2N2OS. The van der Waals surface area contributed by atoms with Crippen LogP contribution in [-0.4, -0.2) is 17.5 Å². The zero-order valence-corrected chi connectivity index (χ0v) is 12.4. The third-order valence-electron chi connectivity index (χ3n) is 3.03. The highest BCUT2D eigenvalue weighted by molar-refractivity contribution is 7.09. The maximum atomic E-state index is 13.5. The molecular weight excluding hydrogens is 294 g/mol. The standard InChI is InChI=1S/C15H16F2N2OS/c1-2-19(10-13-4-3-7-21-13)15(20)18-9-11-8-12(16)5-6-14(11)17/h3-8H,2,9-10H2,1H3,(H,18,20). The van der Waals surface area contributed by atoms with Gasteiger partial charge in [-0.25, -0.2) is 13.6 Å². The van der Waals surface area contributed by atoms with E-state index in [0.717, 1.165) is 23.1 Å². The summed E-state index contributed by atoms with van der Waals surface area (Å²) in [5, 5.41) is 4.56. The van der Waals surface area contributed by atoms with E-state index in [4.69, 9.17) is 0 Å². The van der Waals surface area contributed by atoms with Crippen molar-refractivity contribution in [2.75, 3.05) is 6.54 Å². The van der Waals surface area contributed by atoms with Crippen LogP contribution in [0.5, 0.6) is 0 Å². The van der Waals surface area contributed by atoms with Gasteiger partial charge in [0.1, 0.15) is 11.6 Å². The number of carbonyl (C=O) groups excluding carboxylic acids is 1. The van der Waals surface area contributed by atoms with Gasteiger partial charge in [-0.3, -0.25) is 0 Å². The molecule has 1 aromatic carbocycles. The van der Waals surface area contributed by atoms with E-state index in [2.05, 4.69) is 5.32 Å². The van der Waals surface area contributed by atoms with E-state index in [1.165, 1.54) is 0 Å². The van der Waals surface area contributed by atoms with Crippen molar-refractivity contribution in [2.24, 2.45) is 0 Å². The summed E-state index contributed by atoms with van der Waals surface area (Å²) < 4.78 is 26.5. The minimum atomic E-state index is -0.530. The Kier molecular flexibility index (Phi) is 5.27. The fourth-order valence-corrected chi connectivity index (χ4v) is 2.60. The van der Waals surface area contributed by atoms with Gasteiger partial charge in [-0.15, -0.1) is 11.3 Å². The molecule has 0 bridgehead atoms. The van der Waals surface area contributed by atoms with E-state index in [1.54, 1.807) is 16.2 Å². The van der Waals surface area contributed by atoms with Crippen LogP contribution in [0, 0.1) is 11.6 Å². The fraction of sp³-hybridized carbons (Fsp3) is 0.267. The van der Waals surface area contributed by atoms with E-state index in [-0.39, 0.29) is 18.1 Å². The van der Waals surface area contributed by atoms with Crippen molar-refractivity contribution >= 4 is 17.4 Å². The molecule has 1 aromatic heterocycles. The van der Waals surface area contributed by atoms with Crippen LogP contribution < -0.4 is 5.32 Å². The topological polar surface area (TPSA) is 32.3 Å². The van der Waals surface area contributed by atoms with Gasteiger partial charge in [-0.2, -0.15) is 0 Å². The number of thiophene rings is 1. The lowest BCUT2D eigenvalue weighted by atomic mass is 10.2. The molecule has 0 saturated carbocycles. The Bertz CT molecular complexity index is 602. The van der Waals surface area contributed by atoms with Crippen LogP contribution in [0.1, 0.15) is 17.4 Å². The predicted octanol–water partition coefficient (Wildman–Crippen LogP) is 3.76. The van der Waals surface area contributed by atoms with E-state index in [9.17, 15) is 13.6 Å². The summed E-state index contributed by atoms with van der Waals surface area (Å²) in [6, 6.07) is 6.77. The normalized spacial score (nSPS) is 10.4. The Morgan fingerprint density at radius 1 is 1.33 bits per heavy atom. The van der Waals surface area contributed by atoms with Crippen LogP contribution >= 0.6 is 11.3 Å². The number of nitrogens with one attached hydrogen (secondary N) is 1. The second-order valence-electron chi connectivity index (χ2n) is 4.49. The van der Waals surface area contributed by atoms with Gasteiger partial charge in [0.2, 0.25) is 0 Å². The smallest absolute Gasteiger partial charge is 0.317 e. The van der Waals surface area contributed by atoms with Crippen molar-refractivity contribution < 1.29 is 13.6 Å². The SMILES string of the molecule is CCN(Cc1cccs1)C(=O)NCc1cc(F)ccc1F. The Balaban J connectivity index is 1.94. The third-order valence-corrected chi connectivity index (χ3v) is 3.89. The molecule has 21 heavy (non-hydrogen) atoms. The monoisotopic (exact) mass is 310 g/mol. The molecule has 0 aliphatic heterocycles. The molecule has 3 nitrogen and oxygen atoms in total. The Morgan fingerprint density at radius 3 is 2.81 bits per heavy atom. The average Bonchev–Trinajstić information content (AvgIpc) is 2.98. The molecule has 2 aromatic rings. The number of hydrogen-bond donors (Lipinski definition) is 1. The van der Waals surface area contributed by atoms with Crippen LogP contribution in [-0.2, 0) is 13.1 Å². The van der Waals surface area contributed by atoms with Gasteiger partial charge >= 0.3 is 6.03 Å². The molecule has 0 fully saturated rings. The first-order chi connectivity index (χ1) is 10.1. The Morgan fingerprint density at radius 2 is 2.14 bits per heavy atom. The number of hydrogen-bond acceptors (Lipinski definition) is 2. The summed E-state index contributed by atoms with van der Waals surface area (Å²) in [4.78, 5) is 14.8. The van der Waals surface area contributed by atoms with E-state index in [1.807, 2.05) is 24.4 Å². The molecule has 0 spiro atoms. The van der Waals surface area contributed by atoms with Gasteiger partial charge in [0.25, 0.3) is 0 Å². The molecule has 2 amide bonds. The minimum Gasteiger partial charge on any atom is -0.334 e. The average molecular weight is 310 g/mol. The fourth-order valence-electron chi connectivity index (χ4n) is 1.88. The molecule has 1 heterocycles. The van der Waals surface area contributed by atoms with E-state index < -0.39 is 11.6 Å². The Hall–Kier alpha value is -1.95. The number of benzene rings is 1. The van der Waals surface area contributed by atoms with Crippen LogP contribution in [0.3, 0.4) is 0 Å². The summed E-state index contributed by atoms with van der Waals surface area (Å²) in [6.07, 6.45) is 0. The number of urea groups is 1. The number of halogens is 2.